The minimum Gasteiger partial charge on any atom is -0.465 e. The summed E-state index contributed by atoms with van der Waals surface area (Å²) in [6, 6.07) is 5.94. The van der Waals surface area contributed by atoms with Crippen molar-refractivity contribution in [2.75, 3.05) is 50.9 Å². The van der Waals surface area contributed by atoms with E-state index in [4.69, 9.17) is 9.47 Å². The number of benzene rings is 1. The number of nitrogens with zero attached hydrogens (tertiary/aromatic N) is 2. The van der Waals surface area contributed by atoms with Crippen LogP contribution in [0.3, 0.4) is 0 Å². The summed E-state index contributed by atoms with van der Waals surface area (Å²) in [6.07, 6.45) is 0. The summed E-state index contributed by atoms with van der Waals surface area (Å²) in [4.78, 5) is 28.2. The second-order valence-corrected chi connectivity index (χ2v) is 5.89. The summed E-state index contributed by atoms with van der Waals surface area (Å²) in [5.41, 5.74) is 3.00. The van der Waals surface area contributed by atoms with Crippen LogP contribution in [0, 0.1) is 13.8 Å². The van der Waals surface area contributed by atoms with Crippen LogP contribution >= 0.6 is 0 Å². The predicted molar refractivity (Wildman–Crippen MR) is 92.2 cm³/mol. The van der Waals surface area contributed by atoms with Crippen molar-refractivity contribution in [2.45, 2.75) is 20.8 Å². The average molecular weight is 334 g/mol. The van der Waals surface area contributed by atoms with Gasteiger partial charge in [0.25, 0.3) is 0 Å². The van der Waals surface area contributed by atoms with E-state index in [-0.39, 0.29) is 25.0 Å². The Morgan fingerprint density at radius 2 is 1.79 bits per heavy atom. The number of carbonyl (C=O) groups excluding carboxylic acids is 2. The van der Waals surface area contributed by atoms with Crippen molar-refractivity contribution >= 4 is 17.6 Å². The number of amides is 1. The van der Waals surface area contributed by atoms with Crippen molar-refractivity contribution in [2.24, 2.45) is 0 Å². The van der Waals surface area contributed by atoms with Crippen molar-refractivity contribution in [3.63, 3.8) is 0 Å². The van der Waals surface area contributed by atoms with Crippen molar-refractivity contribution in [3.8, 4) is 0 Å². The maximum Gasteiger partial charge on any atom is 0.325 e. The monoisotopic (exact) mass is 334 g/mol. The van der Waals surface area contributed by atoms with Gasteiger partial charge >= 0.3 is 5.97 Å². The molecule has 6 heteroatoms. The van der Waals surface area contributed by atoms with E-state index in [1.54, 1.807) is 11.8 Å². The van der Waals surface area contributed by atoms with Gasteiger partial charge in [-0.1, -0.05) is 18.2 Å². The number of esters is 1. The fraction of sp³-hybridized carbons (Fsp3) is 0.556. The quantitative estimate of drug-likeness (QED) is 0.739. The summed E-state index contributed by atoms with van der Waals surface area (Å²) in [7, 11) is 0. The van der Waals surface area contributed by atoms with Gasteiger partial charge < -0.3 is 19.3 Å². The van der Waals surface area contributed by atoms with Crippen LogP contribution in [-0.4, -0.2) is 62.8 Å². The molecule has 132 valence electrons. The molecule has 6 nitrogen and oxygen atoms in total. The molecule has 1 amide bonds. The molecule has 0 saturated carbocycles. The first-order chi connectivity index (χ1) is 11.5. The highest BCUT2D eigenvalue weighted by Gasteiger charge is 2.23. The molecule has 0 bridgehead atoms. The van der Waals surface area contributed by atoms with E-state index in [1.165, 1.54) is 0 Å². The highest BCUT2D eigenvalue weighted by atomic mass is 16.5. The van der Waals surface area contributed by atoms with Crippen LogP contribution in [0.15, 0.2) is 18.2 Å². The van der Waals surface area contributed by atoms with Gasteiger partial charge in [-0.05, 0) is 31.9 Å². The topological polar surface area (TPSA) is 59.1 Å². The fourth-order valence-corrected chi connectivity index (χ4v) is 2.96. The van der Waals surface area contributed by atoms with E-state index in [2.05, 4.69) is 0 Å². The summed E-state index contributed by atoms with van der Waals surface area (Å²) < 4.78 is 10.4. The van der Waals surface area contributed by atoms with E-state index in [9.17, 15) is 9.59 Å². The van der Waals surface area contributed by atoms with E-state index >= 15 is 0 Å². The van der Waals surface area contributed by atoms with Crippen LogP contribution in [0.25, 0.3) is 0 Å². The number of ether oxygens (including phenoxy) is 2. The summed E-state index contributed by atoms with van der Waals surface area (Å²) in [5.74, 6) is -0.319. The van der Waals surface area contributed by atoms with E-state index in [0.717, 1.165) is 16.8 Å². The van der Waals surface area contributed by atoms with Crippen molar-refractivity contribution < 1.29 is 19.1 Å². The van der Waals surface area contributed by atoms with Gasteiger partial charge in [-0.15, -0.1) is 0 Å². The molecule has 0 unspecified atom stereocenters. The van der Waals surface area contributed by atoms with Crippen LogP contribution in [0.1, 0.15) is 18.1 Å². The molecule has 0 aromatic heterocycles. The maximum atomic E-state index is 12.6. The number of hydrogen-bond acceptors (Lipinski definition) is 5. The Morgan fingerprint density at radius 1 is 1.17 bits per heavy atom. The predicted octanol–water partition coefficient (Wildman–Crippen LogP) is 1.53. The Morgan fingerprint density at radius 3 is 2.38 bits per heavy atom. The highest BCUT2D eigenvalue weighted by molar-refractivity contribution is 5.85. The van der Waals surface area contributed by atoms with Crippen molar-refractivity contribution in [1.82, 2.24) is 4.90 Å². The van der Waals surface area contributed by atoms with E-state index < -0.39 is 0 Å². The third kappa shape index (κ3) is 4.71. The fourth-order valence-electron chi connectivity index (χ4n) is 2.96. The number of morpholine rings is 1. The smallest absolute Gasteiger partial charge is 0.325 e. The van der Waals surface area contributed by atoms with Gasteiger partial charge in [0.15, 0.2) is 0 Å². The molecule has 1 aliphatic heterocycles. The molecule has 1 aromatic rings. The largest absolute Gasteiger partial charge is 0.465 e. The summed E-state index contributed by atoms with van der Waals surface area (Å²) >= 11 is 0. The molecule has 0 atom stereocenters. The van der Waals surface area contributed by atoms with E-state index in [1.807, 2.05) is 36.9 Å². The van der Waals surface area contributed by atoms with Gasteiger partial charge in [-0.2, -0.15) is 0 Å². The molecule has 1 saturated heterocycles. The number of para-hydroxylation sites is 1. The molecule has 24 heavy (non-hydrogen) atoms. The second kappa shape index (κ2) is 8.68. The van der Waals surface area contributed by atoms with Crippen LogP contribution < -0.4 is 4.90 Å². The number of hydrogen-bond donors (Lipinski definition) is 0. The number of anilines is 1. The van der Waals surface area contributed by atoms with Crippen LogP contribution in [0.5, 0.6) is 0 Å². The molecule has 0 N–H and O–H groups in total. The summed E-state index contributed by atoms with van der Waals surface area (Å²) in [6.45, 7) is 8.62. The molecule has 1 fully saturated rings. The molecule has 1 aliphatic rings. The normalized spacial score (nSPS) is 14.4. The van der Waals surface area contributed by atoms with Gasteiger partial charge in [-0.3, -0.25) is 9.59 Å². The molecule has 0 radical (unpaired) electrons. The standard InChI is InChI=1S/C18H26N2O4/c1-4-24-17(22)13-20(18-14(2)6-5-7-15(18)3)12-16(21)19-8-10-23-11-9-19/h5-7H,4,8-13H2,1-3H3. The average Bonchev–Trinajstić information content (AvgIpc) is 2.55. The zero-order valence-electron chi connectivity index (χ0n) is 14.7. The number of aryl methyl sites for hydroxylation is 2. The van der Waals surface area contributed by atoms with E-state index in [0.29, 0.717) is 32.9 Å². The Hall–Kier alpha value is -2.08. The Kier molecular flexibility index (Phi) is 6.61. The van der Waals surface area contributed by atoms with Gasteiger partial charge in [0.1, 0.15) is 6.54 Å². The van der Waals surface area contributed by atoms with Crippen molar-refractivity contribution in [3.05, 3.63) is 29.3 Å². The Bertz CT molecular complexity index is 562. The van der Waals surface area contributed by atoms with Gasteiger partial charge in [0, 0.05) is 18.8 Å². The van der Waals surface area contributed by atoms with Crippen LogP contribution in [0.4, 0.5) is 5.69 Å². The SMILES string of the molecule is CCOC(=O)CN(CC(=O)N1CCOCC1)c1c(C)cccc1C. The van der Waals surface area contributed by atoms with Crippen molar-refractivity contribution in [1.29, 1.82) is 0 Å². The van der Waals surface area contributed by atoms with Gasteiger partial charge in [0.05, 0.1) is 26.4 Å². The molecular weight excluding hydrogens is 308 g/mol. The molecule has 2 rings (SSSR count). The first-order valence-electron chi connectivity index (χ1n) is 8.35. The lowest BCUT2D eigenvalue weighted by molar-refractivity contribution is -0.141. The third-order valence-electron chi connectivity index (χ3n) is 4.07. The Labute approximate surface area is 143 Å². The molecule has 1 aromatic carbocycles. The molecule has 0 aliphatic carbocycles. The third-order valence-corrected chi connectivity index (χ3v) is 4.07. The minimum absolute atomic E-state index is 0.00486. The zero-order chi connectivity index (χ0) is 17.5. The zero-order valence-corrected chi connectivity index (χ0v) is 14.7. The first-order valence-corrected chi connectivity index (χ1v) is 8.35. The molecule has 0 spiro atoms. The van der Waals surface area contributed by atoms with Crippen LogP contribution in [0.2, 0.25) is 0 Å². The lowest BCUT2D eigenvalue weighted by Crippen LogP contribution is -2.47. The van der Waals surface area contributed by atoms with Gasteiger partial charge in [-0.25, -0.2) is 0 Å². The van der Waals surface area contributed by atoms with Crippen LogP contribution in [-0.2, 0) is 19.1 Å². The maximum absolute atomic E-state index is 12.6. The lowest BCUT2D eigenvalue weighted by atomic mass is 10.1. The molecule has 1 heterocycles. The number of carbonyl (C=O) groups is 2. The number of rotatable bonds is 6. The lowest BCUT2D eigenvalue weighted by Gasteiger charge is -2.31. The minimum atomic E-state index is -0.324. The molecular formula is C18H26N2O4. The second-order valence-electron chi connectivity index (χ2n) is 5.89. The first kappa shape index (κ1) is 18.3. The van der Waals surface area contributed by atoms with Gasteiger partial charge in [0.2, 0.25) is 5.91 Å². The highest BCUT2D eigenvalue weighted by Crippen LogP contribution is 2.24. The Balaban J connectivity index is 2.19. The summed E-state index contributed by atoms with van der Waals surface area (Å²) in [5, 5.41) is 0.